The van der Waals surface area contributed by atoms with Gasteiger partial charge >= 0.3 is 6.18 Å². The highest BCUT2D eigenvalue weighted by Gasteiger charge is 2.36. The predicted octanol–water partition coefficient (Wildman–Crippen LogP) is 2.80. The summed E-state index contributed by atoms with van der Waals surface area (Å²) in [5, 5.41) is 3.33. The summed E-state index contributed by atoms with van der Waals surface area (Å²) in [7, 11) is -4.26. The predicted molar refractivity (Wildman–Crippen MR) is 92.4 cm³/mol. The number of alkyl halides is 3. The van der Waals surface area contributed by atoms with Crippen molar-refractivity contribution in [1.82, 2.24) is 14.4 Å². The summed E-state index contributed by atoms with van der Waals surface area (Å²) in [6, 6.07) is 3.61. The van der Waals surface area contributed by atoms with Gasteiger partial charge in [-0.15, -0.1) is 0 Å². The van der Waals surface area contributed by atoms with Crippen LogP contribution in [0.3, 0.4) is 0 Å². The largest absolute Gasteiger partial charge is 0.416 e. The molecule has 7 nitrogen and oxygen atoms in total. The summed E-state index contributed by atoms with van der Waals surface area (Å²) in [4.78, 5) is 13.1. The Morgan fingerprint density at radius 2 is 1.82 bits per heavy atom. The number of carbonyl (C=O) groups excluding carboxylic acids is 1. The second kappa shape index (κ2) is 7.37. The fourth-order valence-electron chi connectivity index (χ4n) is 2.78. The van der Waals surface area contributed by atoms with Crippen molar-refractivity contribution in [2.75, 3.05) is 26.2 Å². The van der Waals surface area contributed by atoms with Gasteiger partial charge in [-0.3, -0.25) is 4.79 Å². The zero-order valence-corrected chi connectivity index (χ0v) is 16.1. The molecule has 1 aliphatic rings. The van der Waals surface area contributed by atoms with E-state index in [9.17, 15) is 26.4 Å². The Morgan fingerprint density at radius 3 is 2.36 bits per heavy atom. The van der Waals surface area contributed by atoms with Gasteiger partial charge in [-0.1, -0.05) is 16.8 Å². The quantitative estimate of drug-likeness (QED) is 0.737. The SMILES string of the molecule is Cc1cc(C(=O)N2CCN(S(=O)(=O)c3cc(C(F)(F)F)ccc3Cl)CC2)no1. The van der Waals surface area contributed by atoms with Crippen LogP contribution in [-0.2, 0) is 16.2 Å². The van der Waals surface area contributed by atoms with Crippen LogP contribution >= 0.6 is 11.6 Å². The highest BCUT2D eigenvalue weighted by molar-refractivity contribution is 7.89. The minimum Gasteiger partial charge on any atom is -0.361 e. The van der Waals surface area contributed by atoms with Crippen molar-refractivity contribution in [3.8, 4) is 0 Å². The molecule has 0 saturated carbocycles. The van der Waals surface area contributed by atoms with Crippen molar-refractivity contribution in [2.45, 2.75) is 18.0 Å². The molecule has 0 bridgehead atoms. The molecule has 1 fully saturated rings. The van der Waals surface area contributed by atoms with E-state index in [1.54, 1.807) is 6.92 Å². The minimum atomic E-state index is -4.70. The van der Waals surface area contributed by atoms with E-state index in [4.69, 9.17) is 16.1 Å². The number of benzene rings is 1. The van der Waals surface area contributed by atoms with Gasteiger partial charge in [0.2, 0.25) is 10.0 Å². The van der Waals surface area contributed by atoms with E-state index < -0.39 is 32.6 Å². The molecular formula is C16H15ClF3N3O4S. The smallest absolute Gasteiger partial charge is 0.361 e. The minimum absolute atomic E-state index is 0.0561. The zero-order chi connectivity index (χ0) is 20.7. The molecule has 12 heteroatoms. The number of piperazine rings is 1. The van der Waals surface area contributed by atoms with Crippen molar-refractivity contribution in [3.05, 3.63) is 46.3 Å². The average molecular weight is 438 g/mol. The summed E-state index contributed by atoms with van der Waals surface area (Å²) < 4.78 is 70.2. The number of halogens is 4. The number of hydrogen-bond donors (Lipinski definition) is 0. The van der Waals surface area contributed by atoms with Crippen LogP contribution in [0.4, 0.5) is 13.2 Å². The summed E-state index contributed by atoms with van der Waals surface area (Å²) in [6.45, 7) is 1.57. The molecule has 2 aromatic rings. The normalized spacial score (nSPS) is 16.4. The molecule has 28 heavy (non-hydrogen) atoms. The molecule has 2 heterocycles. The number of aryl methyl sites for hydroxylation is 1. The lowest BCUT2D eigenvalue weighted by atomic mass is 10.2. The maximum atomic E-state index is 12.9. The lowest BCUT2D eigenvalue weighted by Crippen LogP contribution is -2.50. The van der Waals surface area contributed by atoms with Crippen LogP contribution in [0, 0.1) is 6.92 Å². The van der Waals surface area contributed by atoms with E-state index >= 15 is 0 Å². The Balaban J connectivity index is 1.77. The first-order valence-corrected chi connectivity index (χ1v) is 9.91. The molecule has 1 aromatic carbocycles. The fraction of sp³-hybridized carbons (Fsp3) is 0.375. The summed E-state index contributed by atoms with van der Waals surface area (Å²) in [5.74, 6) is 0.0507. The maximum absolute atomic E-state index is 12.9. The molecule has 0 atom stereocenters. The summed E-state index contributed by atoms with van der Waals surface area (Å²) in [6.07, 6.45) is -4.70. The lowest BCUT2D eigenvalue weighted by molar-refractivity contribution is -0.137. The molecule has 3 rings (SSSR count). The van der Waals surface area contributed by atoms with Gasteiger partial charge in [0.05, 0.1) is 10.6 Å². The van der Waals surface area contributed by atoms with Gasteiger partial charge in [0.1, 0.15) is 10.7 Å². The third-order valence-corrected chi connectivity index (χ3v) is 6.63. The Morgan fingerprint density at radius 1 is 1.18 bits per heavy atom. The van der Waals surface area contributed by atoms with Crippen molar-refractivity contribution in [1.29, 1.82) is 0 Å². The number of nitrogens with zero attached hydrogens (tertiary/aromatic N) is 3. The number of amides is 1. The number of sulfonamides is 1. The molecule has 0 N–H and O–H groups in total. The molecule has 1 aromatic heterocycles. The second-order valence-corrected chi connectivity index (χ2v) is 8.48. The number of carbonyl (C=O) groups is 1. The monoisotopic (exact) mass is 437 g/mol. The van der Waals surface area contributed by atoms with E-state index in [1.807, 2.05) is 0 Å². The summed E-state index contributed by atoms with van der Waals surface area (Å²) >= 11 is 5.86. The van der Waals surface area contributed by atoms with Crippen molar-refractivity contribution in [2.24, 2.45) is 0 Å². The van der Waals surface area contributed by atoms with Crippen LogP contribution in [0.25, 0.3) is 0 Å². The Bertz CT molecular complexity index is 999. The third kappa shape index (κ3) is 4.01. The van der Waals surface area contributed by atoms with Gasteiger partial charge in [-0.2, -0.15) is 17.5 Å². The molecule has 152 valence electrons. The summed E-state index contributed by atoms with van der Waals surface area (Å²) in [5.41, 5.74) is -1.000. The average Bonchev–Trinajstić information content (AvgIpc) is 3.07. The number of rotatable bonds is 3. The number of hydrogen-bond acceptors (Lipinski definition) is 5. The Hall–Kier alpha value is -2.11. The highest BCUT2D eigenvalue weighted by atomic mass is 35.5. The van der Waals surface area contributed by atoms with Crippen molar-refractivity contribution < 1.29 is 30.9 Å². The van der Waals surface area contributed by atoms with Crippen molar-refractivity contribution >= 4 is 27.5 Å². The van der Waals surface area contributed by atoms with Crippen molar-refractivity contribution in [3.63, 3.8) is 0 Å². The molecular weight excluding hydrogens is 423 g/mol. The molecule has 0 spiro atoms. The van der Waals surface area contributed by atoms with Crippen LogP contribution in [0.2, 0.25) is 5.02 Å². The molecule has 1 amide bonds. The van der Waals surface area contributed by atoms with Gasteiger partial charge in [0.25, 0.3) is 5.91 Å². The van der Waals surface area contributed by atoms with E-state index in [0.29, 0.717) is 11.8 Å². The maximum Gasteiger partial charge on any atom is 0.416 e. The first-order chi connectivity index (χ1) is 13.0. The number of aromatic nitrogens is 1. The van der Waals surface area contributed by atoms with E-state index in [0.717, 1.165) is 16.4 Å². The molecule has 0 unspecified atom stereocenters. The first-order valence-electron chi connectivity index (χ1n) is 8.09. The van der Waals surface area contributed by atoms with Crippen LogP contribution in [0.15, 0.2) is 33.7 Å². The van der Waals surface area contributed by atoms with E-state index in [2.05, 4.69) is 5.16 Å². The standard InChI is InChI=1S/C16H15ClF3N3O4S/c1-10-8-13(21-27-10)15(24)22-4-6-23(7-5-22)28(25,26)14-9-11(16(18,19)20)2-3-12(14)17/h2-3,8-9H,4-7H2,1H3. The first kappa shape index (κ1) is 20.6. The highest BCUT2D eigenvalue weighted by Crippen LogP contribution is 2.34. The molecule has 0 aliphatic carbocycles. The van der Waals surface area contributed by atoms with Crippen LogP contribution < -0.4 is 0 Å². The zero-order valence-electron chi connectivity index (χ0n) is 14.5. The lowest BCUT2D eigenvalue weighted by Gasteiger charge is -2.33. The van der Waals surface area contributed by atoms with Gasteiger partial charge in [-0.05, 0) is 25.1 Å². The molecule has 1 saturated heterocycles. The van der Waals surface area contributed by atoms with Crippen LogP contribution in [0.1, 0.15) is 21.8 Å². The second-order valence-electron chi connectivity index (χ2n) is 6.16. The fourth-order valence-corrected chi connectivity index (χ4v) is 4.70. The van der Waals surface area contributed by atoms with E-state index in [-0.39, 0.29) is 36.9 Å². The Kier molecular flexibility index (Phi) is 5.43. The molecule has 1 aliphatic heterocycles. The topological polar surface area (TPSA) is 83.7 Å². The van der Waals surface area contributed by atoms with Gasteiger partial charge in [-0.25, -0.2) is 8.42 Å². The Labute approximate surface area is 163 Å². The van der Waals surface area contributed by atoms with Crippen LogP contribution in [-0.4, -0.2) is 54.9 Å². The van der Waals surface area contributed by atoms with Gasteiger partial charge < -0.3 is 9.42 Å². The van der Waals surface area contributed by atoms with Crippen LogP contribution in [0.5, 0.6) is 0 Å². The van der Waals surface area contributed by atoms with Gasteiger partial charge in [0.15, 0.2) is 5.69 Å². The molecule has 0 radical (unpaired) electrons. The van der Waals surface area contributed by atoms with Gasteiger partial charge in [0, 0.05) is 32.2 Å². The van der Waals surface area contributed by atoms with E-state index in [1.165, 1.54) is 11.0 Å². The third-order valence-electron chi connectivity index (χ3n) is 4.25.